The molecule has 0 aliphatic carbocycles. The Hall–Kier alpha value is -3.50. The first-order valence-corrected chi connectivity index (χ1v) is 20.2. The summed E-state index contributed by atoms with van der Waals surface area (Å²) in [5.74, 6) is -2.42. The largest absolute Gasteiger partial charge is 1.00 e. The average Bonchev–Trinajstić information content (AvgIpc) is 3.35. The van der Waals surface area contributed by atoms with E-state index in [2.05, 4.69) is 53.6 Å². The minimum absolute atomic E-state index is 0. The molecule has 312 valence electrons. The number of benzene rings is 4. The molecule has 1 aliphatic heterocycles. The number of pyridine rings is 2. The second kappa shape index (κ2) is 22.6. The van der Waals surface area contributed by atoms with Crippen molar-refractivity contribution in [3.8, 4) is 33.6 Å². The number of hydrogen-bond donors (Lipinski definition) is 0. The molecular weight excluding hydrogens is 873 g/mol. The summed E-state index contributed by atoms with van der Waals surface area (Å²) in [5.41, 5.74) is 8.32. The van der Waals surface area contributed by atoms with Crippen LogP contribution in [0.15, 0.2) is 102 Å². The van der Waals surface area contributed by atoms with Gasteiger partial charge in [-0.3, -0.25) is 9.97 Å². The fraction of sp³-hybridized carbons (Fsp3) is 0.261. The van der Waals surface area contributed by atoms with Crippen molar-refractivity contribution in [3.05, 3.63) is 157 Å². The standard InChI is InChI=1S/C19H14ClF2N.C14H20BClO2.C11H6BrF2N.C2H6.Li.H2O/c1-11-7-14(20)8-12(2)19(11)13-3-6-18(23-10-13)16-5-4-15(21)9-17(16)22;1-9-7-11(16)8-10(2)12(9)15-17-13(3,4)14(5,6)18-15;12-7-1-4-11(15-6-7)9-3-2-8(13)5-10(9)14;1-2;;/h3-10H,1-2H3;7-8H,1-6H3;1-6H;1-2H3;;1H2/q;;;;+1;/p-1. The predicted molar refractivity (Wildman–Crippen MR) is 237 cm³/mol. The van der Waals surface area contributed by atoms with Crippen LogP contribution in [0.1, 0.15) is 63.8 Å². The summed E-state index contributed by atoms with van der Waals surface area (Å²) in [6, 6.07) is 21.7. The van der Waals surface area contributed by atoms with Gasteiger partial charge in [0.15, 0.2) is 0 Å². The van der Waals surface area contributed by atoms with Gasteiger partial charge in [0.1, 0.15) is 23.3 Å². The van der Waals surface area contributed by atoms with Crippen LogP contribution in [0.5, 0.6) is 0 Å². The van der Waals surface area contributed by atoms with Gasteiger partial charge in [0.05, 0.1) is 22.6 Å². The van der Waals surface area contributed by atoms with Gasteiger partial charge in [-0.2, -0.15) is 0 Å². The minimum atomic E-state index is -0.621. The van der Waals surface area contributed by atoms with E-state index < -0.39 is 23.3 Å². The van der Waals surface area contributed by atoms with E-state index >= 15 is 0 Å². The number of aryl methyl sites for hydroxylation is 4. The van der Waals surface area contributed by atoms with Crippen molar-refractivity contribution in [1.29, 1.82) is 0 Å². The number of hydrogen-bond acceptors (Lipinski definition) is 5. The fourth-order valence-electron chi connectivity index (χ4n) is 6.25. The van der Waals surface area contributed by atoms with E-state index in [0.29, 0.717) is 22.0 Å². The molecule has 60 heavy (non-hydrogen) atoms. The van der Waals surface area contributed by atoms with Crippen molar-refractivity contribution in [3.63, 3.8) is 0 Å². The van der Waals surface area contributed by atoms with Gasteiger partial charge >= 0.3 is 26.0 Å². The van der Waals surface area contributed by atoms with Gasteiger partial charge < -0.3 is 14.8 Å². The molecule has 14 heteroatoms. The summed E-state index contributed by atoms with van der Waals surface area (Å²) >= 11 is 15.3. The van der Waals surface area contributed by atoms with E-state index in [1.165, 1.54) is 24.3 Å². The smallest absolute Gasteiger partial charge is 0.870 e. The van der Waals surface area contributed by atoms with Crippen molar-refractivity contribution < 1.29 is 51.2 Å². The van der Waals surface area contributed by atoms with Gasteiger partial charge in [0.2, 0.25) is 0 Å². The Kier molecular flexibility index (Phi) is 19.8. The number of aromatic nitrogens is 2. The third-order valence-electron chi connectivity index (χ3n) is 9.74. The van der Waals surface area contributed by atoms with Crippen LogP contribution < -0.4 is 24.3 Å². The first-order valence-electron chi connectivity index (χ1n) is 18.6. The van der Waals surface area contributed by atoms with Crippen molar-refractivity contribution in [1.82, 2.24) is 9.97 Å². The number of rotatable bonds is 4. The second-order valence-electron chi connectivity index (χ2n) is 14.5. The maximum Gasteiger partial charge on any atom is 1.00 e. The summed E-state index contributed by atoms with van der Waals surface area (Å²) in [6.45, 7) is 20.3. The van der Waals surface area contributed by atoms with Gasteiger partial charge in [-0.05, 0) is 171 Å². The molecule has 2 aromatic heterocycles. The minimum Gasteiger partial charge on any atom is -0.870 e. The third kappa shape index (κ3) is 13.0. The Bertz CT molecular complexity index is 2310. The summed E-state index contributed by atoms with van der Waals surface area (Å²) in [7, 11) is -0.313. The van der Waals surface area contributed by atoms with Crippen LogP contribution in [0.4, 0.5) is 17.6 Å². The molecule has 1 aliphatic rings. The van der Waals surface area contributed by atoms with Crippen LogP contribution in [-0.2, 0) is 9.31 Å². The molecule has 5 nitrogen and oxygen atoms in total. The van der Waals surface area contributed by atoms with Crippen molar-refractivity contribution >= 4 is 51.7 Å². The summed E-state index contributed by atoms with van der Waals surface area (Å²) < 4.78 is 65.8. The van der Waals surface area contributed by atoms with E-state index in [1.807, 2.05) is 71.9 Å². The monoisotopic (exact) mass is 918 g/mol. The predicted octanol–water partition coefficient (Wildman–Crippen LogP) is 10.9. The van der Waals surface area contributed by atoms with E-state index in [0.717, 1.165) is 60.5 Å². The molecule has 0 bridgehead atoms. The Morgan fingerprint density at radius 1 is 0.583 bits per heavy atom. The molecule has 6 aromatic rings. The molecule has 7 rings (SSSR count). The quantitative estimate of drug-likeness (QED) is 0.130. The molecule has 1 fully saturated rings. The van der Waals surface area contributed by atoms with Gasteiger partial charge in [-0.1, -0.05) is 43.1 Å². The van der Waals surface area contributed by atoms with Crippen LogP contribution in [-0.4, -0.2) is 33.8 Å². The van der Waals surface area contributed by atoms with Gasteiger partial charge in [0.25, 0.3) is 0 Å². The topological polar surface area (TPSA) is 74.2 Å². The number of halogens is 7. The molecular formula is C46H47BBrCl2F4LiN2O3. The zero-order valence-electron chi connectivity index (χ0n) is 35.6. The van der Waals surface area contributed by atoms with Crippen molar-refractivity contribution in [2.45, 2.75) is 80.4 Å². The van der Waals surface area contributed by atoms with E-state index in [4.69, 9.17) is 32.5 Å². The van der Waals surface area contributed by atoms with Crippen LogP contribution >= 0.6 is 39.1 Å². The summed E-state index contributed by atoms with van der Waals surface area (Å²) in [4.78, 5) is 8.35. The zero-order chi connectivity index (χ0) is 43.1. The normalized spacial score (nSPS) is 13.2. The van der Waals surface area contributed by atoms with E-state index in [1.54, 1.807) is 30.6 Å². The Morgan fingerprint density at radius 3 is 1.35 bits per heavy atom. The van der Waals surface area contributed by atoms with Crippen LogP contribution in [0.25, 0.3) is 33.6 Å². The molecule has 1 saturated heterocycles. The Balaban J connectivity index is 0.000000305. The van der Waals surface area contributed by atoms with Crippen LogP contribution in [0, 0.1) is 51.0 Å². The van der Waals surface area contributed by atoms with E-state index in [9.17, 15) is 17.6 Å². The Morgan fingerprint density at radius 2 is 0.983 bits per heavy atom. The fourth-order valence-corrected chi connectivity index (χ4v) is 7.14. The number of nitrogens with zero attached hydrogens (tertiary/aromatic N) is 2. The molecule has 1 N–H and O–H groups in total. The van der Waals surface area contributed by atoms with E-state index in [-0.39, 0.29) is 48.2 Å². The first-order chi connectivity index (χ1) is 27.3. The van der Waals surface area contributed by atoms with Gasteiger partial charge in [-0.15, -0.1) is 0 Å². The maximum absolute atomic E-state index is 13.8. The van der Waals surface area contributed by atoms with Crippen molar-refractivity contribution in [2.75, 3.05) is 0 Å². The summed E-state index contributed by atoms with van der Waals surface area (Å²) in [5, 5.41) is 1.45. The molecule has 0 radical (unpaired) electrons. The molecule has 3 heterocycles. The Labute approximate surface area is 382 Å². The molecule has 0 spiro atoms. The summed E-state index contributed by atoms with van der Waals surface area (Å²) in [6.07, 6.45) is 3.26. The first kappa shape index (κ1) is 52.6. The zero-order valence-corrected chi connectivity index (χ0v) is 38.7. The molecule has 0 saturated carbocycles. The van der Waals surface area contributed by atoms with Gasteiger partial charge in [0, 0.05) is 55.7 Å². The van der Waals surface area contributed by atoms with Crippen LogP contribution in [0.3, 0.4) is 0 Å². The van der Waals surface area contributed by atoms with Crippen LogP contribution in [0.2, 0.25) is 10.0 Å². The molecule has 0 unspecified atom stereocenters. The molecule has 0 amide bonds. The SMILES string of the molecule is CC.Cc1cc(Cl)cc(C)c1-c1ccc(-c2ccc(F)cc2F)nc1.Cc1cc(Cl)cc(C)c1B1OC(C)(C)C(C)(C)O1.Fc1ccc(-c2ccc(Br)cn2)c(F)c1.[Li+].[OH-]. The molecule has 4 aromatic carbocycles. The third-order valence-corrected chi connectivity index (χ3v) is 10.6. The average molecular weight is 920 g/mol. The molecule has 0 atom stereocenters. The maximum atomic E-state index is 13.8. The van der Waals surface area contributed by atoms with Crippen molar-refractivity contribution in [2.24, 2.45) is 0 Å². The van der Waals surface area contributed by atoms with Gasteiger partial charge in [-0.25, -0.2) is 17.6 Å². The second-order valence-corrected chi connectivity index (χ2v) is 16.3.